The minimum Gasteiger partial charge on any atom is -0.316 e. The summed E-state index contributed by atoms with van der Waals surface area (Å²) in [5.74, 6) is 0. The quantitative estimate of drug-likeness (QED) is 0.457. The average Bonchev–Trinajstić information content (AvgIpc) is 2.21. The van der Waals surface area contributed by atoms with Crippen LogP contribution in [0.25, 0.3) is 0 Å². The first-order chi connectivity index (χ1) is 3.15. The number of rotatable bonds is 1. The van der Waals surface area contributed by atoms with Crippen molar-refractivity contribution in [1.29, 1.82) is 0 Å². The van der Waals surface area contributed by atoms with Gasteiger partial charge in [-0.25, -0.2) is 0 Å². The summed E-state index contributed by atoms with van der Waals surface area (Å²) in [6.45, 7) is 2.12. The first-order valence-electron chi connectivity index (χ1n) is 2.66. The first kappa shape index (κ1) is 5.06. The van der Waals surface area contributed by atoms with Crippen molar-refractivity contribution >= 4 is 0 Å². The van der Waals surface area contributed by atoms with Gasteiger partial charge in [0.2, 0.25) is 0 Å². The normalized spacial score (nSPS) is 25.7. The lowest BCUT2D eigenvalue weighted by Gasteiger charge is -2.10. The van der Waals surface area contributed by atoms with Gasteiger partial charge in [0.1, 0.15) is 0 Å². The fraction of sp³-hybridized carbons (Fsp3) is 1.00. The minimum absolute atomic E-state index is 0.0903. The molecule has 1 aliphatic rings. The Morgan fingerprint density at radius 2 is 1.86 bits per heavy atom. The van der Waals surface area contributed by atoms with Crippen molar-refractivity contribution in [3.05, 3.63) is 0 Å². The molecule has 0 bridgehead atoms. The highest BCUT2D eigenvalue weighted by Gasteiger charge is 2.41. The van der Waals surface area contributed by atoms with Crippen LogP contribution in [0, 0.1) is 5.41 Å². The highest BCUT2D eigenvalue weighted by molar-refractivity contribution is 4.93. The molecule has 42 valence electrons. The lowest BCUT2D eigenvalue weighted by molar-refractivity contribution is 0.448. The van der Waals surface area contributed by atoms with Crippen molar-refractivity contribution in [3.63, 3.8) is 0 Å². The second-order valence-electron chi connectivity index (χ2n) is 2.68. The Bertz CT molecular complexity index is 74.1. The molecule has 4 N–H and O–H groups in total. The van der Waals surface area contributed by atoms with Gasteiger partial charge >= 0.3 is 0 Å². The van der Waals surface area contributed by atoms with E-state index in [2.05, 4.69) is 6.92 Å². The van der Waals surface area contributed by atoms with Crippen LogP contribution in [0.1, 0.15) is 19.8 Å². The predicted octanol–water partition coefficient (Wildman–Crippen LogP) is 0.0300. The predicted molar refractivity (Wildman–Crippen MR) is 29.5 cm³/mol. The molecule has 0 aromatic heterocycles. The molecule has 0 saturated heterocycles. The molecule has 0 unspecified atom stereocenters. The summed E-state index contributed by atoms with van der Waals surface area (Å²) in [6, 6.07) is 0. The smallest absolute Gasteiger partial charge is 0.0576 e. The van der Waals surface area contributed by atoms with E-state index in [1.54, 1.807) is 0 Å². The monoisotopic (exact) mass is 100 g/mol. The van der Waals surface area contributed by atoms with Crippen molar-refractivity contribution in [1.82, 2.24) is 0 Å². The van der Waals surface area contributed by atoms with Crippen LogP contribution in [-0.4, -0.2) is 6.17 Å². The van der Waals surface area contributed by atoms with Crippen LogP contribution < -0.4 is 11.5 Å². The minimum atomic E-state index is -0.0903. The molecule has 0 amide bonds. The Balaban J connectivity index is 2.39. The van der Waals surface area contributed by atoms with Crippen LogP contribution in [0.4, 0.5) is 0 Å². The van der Waals surface area contributed by atoms with Crippen molar-refractivity contribution in [2.45, 2.75) is 25.9 Å². The van der Waals surface area contributed by atoms with E-state index in [1.165, 1.54) is 12.8 Å². The highest BCUT2D eigenvalue weighted by atomic mass is 14.9. The average molecular weight is 100 g/mol. The van der Waals surface area contributed by atoms with Gasteiger partial charge in [-0.3, -0.25) is 0 Å². The van der Waals surface area contributed by atoms with Gasteiger partial charge in [0.05, 0.1) is 6.17 Å². The molecule has 2 heteroatoms. The maximum Gasteiger partial charge on any atom is 0.0576 e. The zero-order valence-electron chi connectivity index (χ0n) is 4.65. The Labute approximate surface area is 43.9 Å². The van der Waals surface area contributed by atoms with Gasteiger partial charge in [0.15, 0.2) is 0 Å². The maximum absolute atomic E-state index is 5.41. The molecular formula is C5H12N2. The molecule has 0 aliphatic heterocycles. The molecule has 0 heterocycles. The van der Waals surface area contributed by atoms with Crippen LogP contribution in [0.3, 0.4) is 0 Å². The van der Waals surface area contributed by atoms with E-state index in [9.17, 15) is 0 Å². The van der Waals surface area contributed by atoms with Gasteiger partial charge in [0, 0.05) is 0 Å². The van der Waals surface area contributed by atoms with Gasteiger partial charge in [-0.05, 0) is 18.3 Å². The second kappa shape index (κ2) is 1.20. The van der Waals surface area contributed by atoms with Gasteiger partial charge in [-0.2, -0.15) is 0 Å². The van der Waals surface area contributed by atoms with Crippen LogP contribution in [0.15, 0.2) is 0 Å². The Hall–Kier alpha value is -0.0800. The van der Waals surface area contributed by atoms with Crippen molar-refractivity contribution in [2.75, 3.05) is 0 Å². The number of hydrogen-bond donors (Lipinski definition) is 2. The molecule has 0 aromatic carbocycles. The molecule has 0 spiro atoms. The molecule has 2 nitrogen and oxygen atoms in total. The fourth-order valence-electron chi connectivity index (χ4n) is 0.531. The molecule has 1 rings (SSSR count). The Morgan fingerprint density at radius 3 is 1.86 bits per heavy atom. The second-order valence-corrected chi connectivity index (χ2v) is 2.68. The maximum atomic E-state index is 5.41. The van der Waals surface area contributed by atoms with Crippen LogP contribution >= 0.6 is 0 Å². The van der Waals surface area contributed by atoms with E-state index >= 15 is 0 Å². The summed E-state index contributed by atoms with van der Waals surface area (Å²) >= 11 is 0. The summed E-state index contributed by atoms with van der Waals surface area (Å²) < 4.78 is 0. The van der Waals surface area contributed by atoms with E-state index in [-0.39, 0.29) is 6.17 Å². The van der Waals surface area contributed by atoms with E-state index in [1.807, 2.05) is 0 Å². The lowest BCUT2D eigenvalue weighted by atomic mass is 10.1. The zero-order chi connectivity index (χ0) is 5.49. The van der Waals surface area contributed by atoms with Gasteiger partial charge in [0.25, 0.3) is 0 Å². The molecule has 1 fully saturated rings. The Morgan fingerprint density at radius 1 is 1.43 bits per heavy atom. The topological polar surface area (TPSA) is 52.0 Å². The molecule has 0 radical (unpaired) electrons. The fourth-order valence-corrected chi connectivity index (χ4v) is 0.531. The van der Waals surface area contributed by atoms with Crippen LogP contribution in [0.2, 0.25) is 0 Å². The summed E-state index contributed by atoms with van der Waals surface area (Å²) in [7, 11) is 0. The van der Waals surface area contributed by atoms with Gasteiger partial charge < -0.3 is 11.5 Å². The van der Waals surface area contributed by atoms with Crippen LogP contribution in [0.5, 0.6) is 0 Å². The largest absolute Gasteiger partial charge is 0.316 e. The third-order valence-electron chi connectivity index (χ3n) is 1.84. The summed E-state index contributed by atoms with van der Waals surface area (Å²) in [5, 5.41) is 0. The number of nitrogens with two attached hydrogens (primary N) is 2. The molecule has 0 aromatic rings. The lowest BCUT2D eigenvalue weighted by Crippen LogP contribution is -2.38. The third-order valence-corrected chi connectivity index (χ3v) is 1.84. The van der Waals surface area contributed by atoms with E-state index in [0.29, 0.717) is 5.41 Å². The standard InChI is InChI=1S/C5H12N2/c1-5(2-3-5)4(6)7/h4H,2-3,6-7H2,1H3. The molecular weight excluding hydrogens is 88.1 g/mol. The van der Waals surface area contributed by atoms with Gasteiger partial charge in [-0.1, -0.05) is 6.92 Å². The summed E-state index contributed by atoms with van der Waals surface area (Å²) in [4.78, 5) is 0. The SMILES string of the molecule is CC1(C(N)N)CC1. The first-order valence-corrected chi connectivity index (χ1v) is 2.66. The van der Waals surface area contributed by atoms with Gasteiger partial charge in [-0.15, -0.1) is 0 Å². The summed E-state index contributed by atoms with van der Waals surface area (Å²) in [5.41, 5.74) is 11.1. The zero-order valence-corrected chi connectivity index (χ0v) is 4.65. The molecule has 0 atom stereocenters. The third kappa shape index (κ3) is 0.763. The van der Waals surface area contributed by atoms with Crippen molar-refractivity contribution < 1.29 is 0 Å². The molecule has 1 aliphatic carbocycles. The highest BCUT2D eigenvalue weighted by Crippen LogP contribution is 2.45. The van der Waals surface area contributed by atoms with Crippen molar-refractivity contribution in [2.24, 2.45) is 16.9 Å². The molecule has 1 saturated carbocycles. The van der Waals surface area contributed by atoms with E-state index in [0.717, 1.165) is 0 Å². The Kier molecular flexibility index (Phi) is 0.869. The van der Waals surface area contributed by atoms with Crippen molar-refractivity contribution in [3.8, 4) is 0 Å². The number of hydrogen-bond acceptors (Lipinski definition) is 2. The van der Waals surface area contributed by atoms with E-state index in [4.69, 9.17) is 11.5 Å². The van der Waals surface area contributed by atoms with Crippen LogP contribution in [-0.2, 0) is 0 Å². The summed E-state index contributed by atoms with van der Waals surface area (Å²) in [6.07, 6.45) is 2.34. The molecule has 7 heavy (non-hydrogen) atoms. The van der Waals surface area contributed by atoms with E-state index < -0.39 is 0 Å².